The number of amides is 1. The van der Waals surface area contributed by atoms with Crippen molar-refractivity contribution in [2.24, 2.45) is 0 Å². The molecule has 4 aromatic rings. The van der Waals surface area contributed by atoms with E-state index >= 15 is 0 Å². The second-order valence-corrected chi connectivity index (χ2v) is 9.10. The quantitative estimate of drug-likeness (QED) is 0.472. The van der Waals surface area contributed by atoms with Crippen molar-refractivity contribution < 1.29 is 4.79 Å². The summed E-state index contributed by atoms with van der Waals surface area (Å²) in [6.07, 6.45) is 2.05. The third-order valence-electron chi connectivity index (χ3n) is 6.07. The molecular formula is C24H27N7OS. The van der Waals surface area contributed by atoms with Gasteiger partial charge in [-0.15, -0.1) is 0 Å². The number of anilines is 1. The van der Waals surface area contributed by atoms with Crippen molar-refractivity contribution in [3.05, 3.63) is 60.2 Å². The molecule has 5 rings (SSSR count). The van der Waals surface area contributed by atoms with Crippen LogP contribution in [-0.2, 0) is 23.6 Å². The first kappa shape index (κ1) is 21.7. The van der Waals surface area contributed by atoms with Crippen LogP contribution in [-0.4, -0.2) is 67.7 Å². The fourth-order valence-electron chi connectivity index (χ4n) is 4.35. The lowest BCUT2D eigenvalue weighted by Crippen LogP contribution is -2.49. The number of imidazole rings is 1. The number of rotatable bonds is 6. The molecule has 170 valence electrons. The molecule has 0 spiro atoms. The summed E-state index contributed by atoms with van der Waals surface area (Å²) in [5, 5.41) is 0.879. The Morgan fingerprint density at radius 2 is 1.70 bits per heavy atom. The topological polar surface area (TPSA) is 93.2 Å². The molecule has 0 saturated carbocycles. The number of aromatic nitrogens is 4. The fraction of sp³-hybridized carbons (Fsp3) is 0.333. The maximum absolute atomic E-state index is 13.1. The molecule has 0 unspecified atom stereocenters. The van der Waals surface area contributed by atoms with Crippen LogP contribution < -0.4 is 5.73 Å². The van der Waals surface area contributed by atoms with Gasteiger partial charge in [0.2, 0.25) is 5.91 Å². The van der Waals surface area contributed by atoms with Gasteiger partial charge < -0.3 is 15.2 Å². The van der Waals surface area contributed by atoms with Crippen LogP contribution in [0.1, 0.15) is 11.6 Å². The lowest BCUT2D eigenvalue weighted by atomic mass is 10.2. The van der Waals surface area contributed by atoms with Crippen LogP contribution in [0, 0.1) is 0 Å². The van der Waals surface area contributed by atoms with Crippen LogP contribution in [0.3, 0.4) is 0 Å². The van der Waals surface area contributed by atoms with E-state index in [1.165, 1.54) is 0 Å². The molecule has 2 N–H and O–H groups in total. The maximum Gasteiger partial charge on any atom is 0.242 e. The molecule has 0 radical (unpaired) electrons. The molecule has 1 fully saturated rings. The van der Waals surface area contributed by atoms with Gasteiger partial charge in [0, 0.05) is 31.6 Å². The van der Waals surface area contributed by atoms with E-state index in [-0.39, 0.29) is 5.91 Å². The molecule has 1 amide bonds. The minimum atomic E-state index is 0.131. The van der Waals surface area contributed by atoms with Crippen LogP contribution in [0.15, 0.2) is 48.5 Å². The molecule has 0 bridgehead atoms. The van der Waals surface area contributed by atoms with Crippen LogP contribution >= 0.6 is 11.8 Å². The van der Waals surface area contributed by atoms with Crippen molar-refractivity contribution in [2.75, 3.05) is 38.2 Å². The number of nitrogen functional groups attached to an aromatic ring is 1. The number of fused-ring (bicyclic) bond motifs is 2. The number of thioether (sulfide) groups is 1. The molecular weight excluding hydrogens is 434 g/mol. The summed E-state index contributed by atoms with van der Waals surface area (Å²) in [5.41, 5.74) is 8.95. The lowest BCUT2D eigenvalue weighted by Gasteiger charge is -2.34. The Morgan fingerprint density at radius 1 is 0.970 bits per heavy atom. The second-order valence-electron chi connectivity index (χ2n) is 8.24. The summed E-state index contributed by atoms with van der Waals surface area (Å²) >= 11 is 1.71. The highest BCUT2D eigenvalue weighted by molar-refractivity contribution is 7.97. The molecule has 3 heterocycles. The Bertz CT molecular complexity index is 1300. The lowest BCUT2D eigenvalue weighted by molar-refractivity contribution is -0.133. The Labute approximate surface area is 196 Å². The number of nitrogens with zero attached hydrogens (tertiary/aromatic N) is 6. The Kier molecular flexibility index (Phi) is 6.15. The van der Waals surface area contributed by atoms with Crippen molar-refractivity contribution in [1.82, 2.24) is 29.3 Å². The highest BCUT2D eigenvalue weighted by atomic mass is 32.2. The number of piperazine rings is 1. The summed E-state index contributed by atoms with van der Waals surface area (Å²) in [5.74, 6) is 3.09. The molecule has 2 aromatic carbocycles. The molecule has 9 heteroatoms. The molecule has 8 nitrogen and oxygen atoms in total. The molecule has 33 heavy (non-hydrogen) atoms. The van der Waals surface area contributed by atoms with Crippen molar-refractivity contribution in [2.45, 2.75) is 18.8 Å². The minimum Gasteiger partial charge on any atom is -0.383 e. The Balaban J connectivity index is 1.23. The van der Waals surface area contributed by atoms with E-state index in [1.807, 2.05) is 53.4 Å². The molecule has 2 aromatic heterocycles. The first-order valence-corrected chi connectivity index (χ1v) is 12.5. The van der Waals surface area contributed by atoms with E-state index in [1.54, 1.807) is 11.8 Å². The highest BCUT2D eigenvalue weighted by Gasteiger charge is 2.23. The number of carbonyl (C=O) groups is 1. The normalized spacial score (nSPS) is 14.9. The van der Waals surface area contributed by atoms with E-state index in [0.717, 1.165) is 52.4 Å². The van der Waals surface area contributed by atoms with Gasteiger partial charge in [0.15, 0.2) is 0 Å². The Morgan fingerprint density at radius 3 is 2.48 bits per heavy atom. The SMILES string of the molecule is CSCc1nc2ccccc2n1CC(=O)N1CCN(Cc2nc(N)c3ccccc3n2)CC1. The van der Waals surface area contributed by atoms with Crippen LogP contribution in [0.25, 0.3) is 21.9 Å². The fourth-order valence-corrected chi connectivity index (χ4v) is 4.83. The monoisotopic (exact) mass is 461 g/mol. The Hall–Kier alpha value is -3.17. The summed E-state index contributed by atoms with van der Waals surface area (Å²) in [6, 6.07) is 15.8. The zero-order chi connectivity index (χ0) is 22.8. The average molecular weight is 462 g/mol. The maximum atomic E-state index is 13.1. The third kappa shape index (κ3) is 4.51. The van der Waals surface area contributed by atoms with E-state index in [2.05, 4.69) is 25.7 Å². The average Bonchev–Trinajstić information content (AvgIpc) is 3.17. The summed E-state index contributed by atoms with van der Waals surface area (Å²) < 4.78 is 2.06. The number of hydrogen-bond donors (Lipinski definition) is 1. The number of nitrogens with two attached hydrogens (primary N) is 1. The van der Waals surface area contributed by atoms with Crippen molar-refractivity contribution >= 4 is 45.4 Å². The standard InChI is InChI=1S/C24H27N7OS/c1-33-16-22-27-19-8-4-5-9-20(19)31(22)15-23(32)30-12-10-29(11-13-30)14-21-26-18-7-3-2-6-17(18)24(25)28-21/h2-9H,10-16H2,1H3,(H2,25,26,28). The minimum absolute atomic E-state index is 0.131. The molecule has 1 aliphatic rings. The number of carbonyl (C=O) groups excluding carboxylic acids is 1. The van der Waals surface area contributed by atoms with Gasteiger partial charge in [-0.2, -0.15) is 11.8 Å². The third-order valence-corrected chi connectivity index (χ3v) is 6.62. The van der Waals surface area contributed by atoms with Gasteiger partial charge in [0.25, 0.3) is 0 Å². The largest absolute Gasteiger partial charge is 0.383 e. The zero-order valence-corrected chi connectivity index (χ0v) is 19.5. The molecule has 1 aliphatic heterocycles. The van der Waals surface area contributed by atoms with Gasteiger partial charge in [-0.3, -0.25) is 9.69 Å². The molecule has 0 aliphatic carbocycles. The van der Waals surface area contributed by atoms with Gasteiger partial charge in [-0.1, -0.05) is 24.3 Å². The van der Waals surface area contributed by atoms with Crippen molar-refractivity contribution in [1.29, 1.82) is 0 Å². The van der Waals surface area contributed by atoms with E-state index < -0.39 is 0 Å². The van der Waals surface area contributed by atoms with Crippen molar-refractivity contribution in [3.63, 3.8) is 0 Å². The van der Waals surface area contributed by atoms with Crippen molar-refractivity contribution in [3.8, 4) is 0 Å². The van der Waals surface area contributed by atoms with Crippen LogP contribution in [0.2, 0.25) is 0 Å². The summed E-state index contributed by atoms with van der Waals surface area (Å²) in [4.78, 5) is 31.2. The van der Waals surface area contributed by atoms with Gasteiger partial charge in [0.1, 0.15) is 24.0 Å². The van der Waals surface area contributed by atoms with Gasteiger partial charge in [0.05, 0.1) is 28.8 Å². The number of hydrogen-bond acceptors (Lipinski definition) is 7. The predicted octanol–water partition coefficient (Wildman–Crippen LogP) is 2.77. The van der Waals surface area contributed by atoms with E-state index in [0.29, 0.717) is 32.0 Å². The summed E-state index contributed by atoms with van der Waals surface area (Å²) in [7, 11) is 0. The zero-order valence-electron chi connectivity index (χ0n) is 18.6. The van der Waals surface area contributed by atoms with Gasteiger partial charge in [-0.25, -0.2) is 15.0 Å². The van der Waals surface area contributed by atoms with Crippen LogP contribution in [0.4, 0.5) is 5.82 Å². The highest BCUT2D eigenvalue weighted by Crippen LogP contribution is 2.20. The number of benzene rings is 2. The predicted molar refractivity (Wildman–Crippen MR) is 133 cm³/mol. The number of para-hydroxylation sites is 3. The second kappa shape index (κ2) is 9.36. The summed E-state index contributed by atoms with van der Waals surface area (Å²) in [6.45, 7) is 3.88. The van der Waals surface area contributed by atoms with Gasteiger partial charge >= 0.3 is 0 Å². The van der Waals surface area contributed by atoms with Crippen LogP contribution in [0.5, 0.6) is 0 Å². The van der Waals surface area contributed by atoms with Gasteiger partial charge in [-0.05, 0) is 30.5 Å². The first-order chi connectivity index (χ1) is 16.1. The smallest absolute Gasteiger partial charge is 0.242 e. The van der Waals surface area contributed by atoms with E-state index in [4.69, 9.17) is 10.7 Å². The first-order valence-electron chi connectivity index (χ1n) is 11.1. The molecule has 0 atom stereocenters. The molecule has 1 saturated heterocycles. The van der Waals surface area contributed by atoms with E-state index in [9.17, 15) is 4.79 Å².